The fourth-order valence-corrected chi connectivity index (χ4v) is 2.75. The molecule has 1 aromatic heterocycles. The molecule has 0 aliphatic carbocycles. The third kappa shape index (κ3) is 1.85. The Labute approximate surface area is 126 Å². The monoisotopic (exact) mass is 294 g/mol. The molecule has 1 aliphatic heterocycles. The fraction of sp³-hybridized carbons (Fsp3) is 0.125. The predicted molar refractivity (Wildman–Crippen MR) is 82.8 cm³/mol. The number of aromatic amines is 1. The molecule has 110 valence electrons. The number of anilines is 1. The van der Waals surface area contributed by atoms with E-state index < -0.39 is 6.23 Å². The first-order chi connectivity index (χ1) is 10.8. The number of carbonyl (C=O) groups is 1. The van der Waals surface area contributed by atoms with E-state index in [2.05, 4.69) is 9.97 Å². The quantitative estimate of drug-likeness (QED) is 0.756. The van der Waals surface area contributed by atoms with Crippen molar-refractivity contribution in [3.63, 3.8) is 0 Å². The molecule has 0 fully saturated rings. The number of imidazole rings is 1. The Hall–Kier alpha value is -2.86. The maximum atomic E-state index is 13.0. The summed E-state index contributed by atoms with van der Waals surface area (Å²) in [6, 6.07) is 12.9. The lowest BCUT2D eigenvalue weighted by Crippen LogP contribution is -2.50. The number of para-hydroxylation sites is 1. The van der Waals surface area contributed by atoms with Gasteiger partial charge in [0.05, 0.1) is 23.1 Å². The second-order valence-corrected chi connectivity index (χ2v) is 5.08. The molecule has 6 nitrogen and oxygen atoms in total. The second-order valence-electron chi connectivity index (χ2n) is 5.08. The Kier molecular flexibility index (Phi) is 2.83. The molecule has 3 N–H and O–H groups in total. The summed E-state index contributed by atoms with van der Waals surface area (Å²) in [6.45, 7) is 0.213. The minimum Gasteiger partial charge on any atom is -0.469 e. The lowest BCUT2D eigenvalue weighted by molar-refractivity contribution is 0.0911. The SMILES string of the molecule is NCC1Oc2cccc(c2)N1C(=O)c1cccc2[nH]cnc12. The topological polar surface area (TPSA) is 84.2 Å². The molecule has 4 rings (SSSR count). The van der Waals surface area contributed by atoms with Gasteiger partial charge in [-0.1, -0.05) is 12.1 Å². The van der Waals surface area contributed by atoms with E-state index in [9.17, 15) is 4.79 Å². The number of hydrogen-bond acceptors (Lipinski definition) is 4. The molecule has 0 saturated heterocycles. The molecule has 6 heteroatoms. The van der Waals surface area contributed by atoms with E-state index in [1.807, 2.05) is 36.4 Å². The minimum atomic E-state index is -0.516. The number of fused-ring (bicyclic) bond motifs is 3. The second kappa shape index (κ2) is 4.85. The number of hydrogen-bond donors (Lipinski definition) is 2. The van der Waals surface area contributed by atoms with Gasteiger partial charge in [-0.05, 0) is 24.3 Å². The van der Waals surface area contributed by atoms with Crippen LogP contribution in [0.25, 0.3) is 11.0 Å². The first-order valence-electron chi connectivity index (χ1n) is 7.00. The van der Waals surface area contributed by atoms with E-state index in [0.29, 0.717) is 11.1 Å². The van der Waals surface area contributed by atoms with Gasteiger partial charge in [0.25, 0.3) is 5.91 Å². The average Bonchev–Trinajstić information content (AvgIpc) is 3.02. The smallest absolute Gasteiger partial charge is 0.263 e. The number of carbonyl (C=O) groups excluding carboxylic acids is 1. The van der Waals surface area contributed by atoms with Gasteiger partial charge in [0.2, 0.25) is 0 Å². The van der Waals surface area contributed by atoms with E-state index in [-0.39, 0.29) is 12.5 Å². The van der Waals surface area contributed by atoms with Crippen molar-refractivity contribution in [1.82, 2.24) is 9.97 Å². The van der Waals surface area contributed by atoms with Gasteiger partial charge in [-0.2, -0.15) is 0 Å². The molecule has 0 radical (unpaired) electrons. The molecule has 1 unspecified atom stereocenters. The van der Waals surface area contributed by atoms with Crippen molar-refractivity contribution in [2.75, 3.05) is 11.4 Å². The Morgan fingerprint density at radius 2 is 2.18 bits per heavy atom. The molecule has 22 heavy (non-hydrogen) atoms. The number of amides is 1. The number of ether oxygens (including phenoxy) is 1. The van der Waals surface area contributed by atoms with E-state index in [1.165, 1.54) is 0 Å². The van der Waals surface area contributed by atoms with Crippen molar-refractivity contribution in [2.45, 2.75) is 6.23 Å². The maximum Gasteiger partial charge on any atom is 0.263 e. The van der Waals surface area contributed by atoms with Crippen LogP contribution < -0.4 is 15.4 Å². The first-order valence-corrected chi connectivity index (χ1v) is 7.00. The van der Waals surface area contributed by atoms with Gasteiger partial charge in [-0.15, -0.1) is 0 Å². The third-order valence-corrected chi connectivity index (χ3v) is 3.76. The van der Waals surface area contributed by atoms with Gasteiger partial charge < -0.3 is 15.5 Å². The lowest BCUT2D eigenvalue weighted by Gasteiger charge is -2.35. The van der Waals surface area contributed by atoms with Gasteiger partial charge in [0, 0.05) is 12.6 Å². The molecule has 1 amide bonds. The van der Waals surface area contributed by atoms with Gasteiger partial charge >= 0.3 is 0 Å². The van der Waals surface area contributed by atoms with Crippen molar-refractivity contribution in [1.29, 1.82) is 0 Å². The third-order valence-electron chi connectivity index (χ3n) is 3.76. The lowest BCUT2D eigenvalue weighted by atomic mass is 10.1. The highest BCUT2D eigenvalue weighted by Crippen LogP contribution is 2.31. The highest BCUT2D eigenvalue weighted by Gasteiger charge is 2.31. The van der Waals surface area contributed by atoms with Crippen LogP contribution >= 0.6 is 0 Å². The van der Waals surface area contributed by atoms with Crippen LogP contribution in [-0.2, 0) is 0 Å². The zero-order chi connectivity index (χ0) is 15.1. The molecule has 1 atom stereocenters. The Morgan fingerprint density at radius 1 is 1.32 bits per heavy atom. The fourth-order valence-electron chi connectivity index (χ4n) is 2.75. The zero-order valence-electron chi connectivity index (χ0n) is 11.7. The Morgan fingerprint density at radius 3 is 3.05 bits per heavy atom. The highest BCUT2D eigenvalue weighted by molar-refractivity contribution is 6.13. The number of aromatic nitrogens is 2. The summed E-state index contributed by atoms with van der Waals surface area (Å²) < 4.78 is 5.74. The summed E-state index contributed by atoms with van der Waals surface area (Å²) in [4.78, 5) is 21.9. The van der Waals surface area contributed by atoms with Gasteiger partial charge in [-0.3, -0.25) is 9.69 Å². The molecule has 3 aromatic rings. The van der Waals surface area contributed by atoms with Crippen molar-refractivity contribution < 1.29 is 9.53 Å². The van der Waals surface area contributed by atoms with Crippen LogP contribution in [-0.4, -0.2) is 28.6 Å². The predicted octanol–water partition coefficient (Wildman–Crippen LogP) is 1.89. The molecular formula is C16H14N4O2. The minimum absolute atomic E-state index is 0.176. The van der Waals surface area contributed by atoms with Crippen molar-refractivity contribution >= 4 is 22.6 Å². The molecule has 0 spiro atoms. The Bertz CT molecular complexity index is 858. The van der Waals surface area contributed by atoms with E-state index in [0.717, 1.165) is 17.0 Å². The average molecular weight is 294 g/mol. The molecule has 2 heterocycles. The standard InChI is InChI=1S/C16H14N4O2/c17-8-14-20(10-3-1-4-11(7-10)22-14)16(21)12-5-2-6-13-15(12)19-9-18-13/h1-7,9,14H,8,17H2,(H,18,19). The molecule has 0 saturated carbocycles. The summed E-state index contributed by atoms with van der Waals surface area (Å²) in [5, 5.41) is 0. The summed E-state index contributed by atoms with van der Waals surface area (Å²) in [5.41, 5.74) is 8.55. The number of nitrogens with zero attached hydrogens (tertiary/aromatic N) is 2. The molecular weight excluding hydrogens is 280 g/mol. The number of nitrogens with one attached hydrogen (secondary N) is 1. The first kappa shape index (κ1) is 12.8. The maximum absolute atomic E-state index is 13.0. The summed E-state index contributed by atoms with van der Waals surface area (Å²) in [7, 11) is 0. The largest absolute Gasteiger partial charge is 0.469 e. The number of benzene rings is 2. The van der Waals surface area contributed by atoms with Gasteiger partial charge in [-0.25, -0.2) is 4.98 Å². The van der Waals surface area contributed by atoms with Crippen LogP contribution in [0.3, 0.4) is 0 Å². The van der Waals surface area contributed by atoms with Crippen molar-refractivity contribution in [3.05, 3.63) is 54.4 Å². The van der Waals surface area contributed by atoms with E-state index in [4.69, 9.17) is 10.5 Å². The number of H-pyrrole nitrogens is 1. The van der Waals surface area contributed by atoms with Gasteiger partial charge in [0.1, 0.15) is 11.3 Å². The number of nitrogens with two attached hydrogens (primary N) is 1. The van der Waals surface area contributed by atoms with E-state index >= 15 is 0 Å². The van der Waals surface area contributed by atoms with Crippen molar-refractivity contribution in [3.8, 4) is 5.75 Å². The molecule has 2 bridgehead atoms. The van der Waals surface area contributed by atoms with Crippen LogP contribution in [0.1, 0.15) is 10.4 Å². The van der Waals surface area contributed by atoms with Crippen LogP contribution in [0.15, 0.2) is 48.8 Å². The highest BCUT2D eigenvalue weighted by atomic mass is 16.5. The van der Waals surface area contributed by atoms with Gasteiger partial charge in [0.15, 0.2) is 6.23 Å². The van der Waals surface area contributed by atoms with Crippen LogP contribution in [0.5, 0.6) is 5.75 Å². The van der Waals surface area contributed by atoms with Crippen molar-refractivity contribution in [2.24, 2.45) is 5.73 Å². The number of rotatable bonds is 2. The normalized spacial score (nSPS) is 16.6. The zero-order valence-corrected chi connectivity index (χ0v) is 11.7. The molecule has 2 aromatic carbocycles. The van der Waals surface area contributed by atoms with Crippen LogP contribution in [0.2, 0.25) is 0 Å². The summed E-state index contributed by atoms with van der Waals surface area (Å²) in [6.07, 6.45) is 1.06. The summed E-state index contributed by atoms with van der Waals surface area (Å²) >= 11 is 0. The summed E-state index contributed by atoms with van der Waals surface area (Å²) in [5.74, 6) is 0.542. The van der Waals surface area contributed by atoms with Crippen LogP contribution in [0.4, 0.5) is 5.69 Å². The van der Waals surface area contributed by atoms with Crippen LogP contribution in [0, 0.1) is 0 Å². The Balaban J connectivity index is 1.83. The molecule has 1 aliphatic rings. The van der Waals surface area contributed by atoms with E-state index in [1.54, 1.807) is 17.3 Å².